The summed E-state index contributed by atoms with van der Waals surface area (Å²) in [5, 5.41) is 13.1. The molecule has 2 N–H and O–H groups in total. The Morgan fingerprint density at radius 3 is 3.11 bits per heavy atom. The Labute approximate surface area is 109 Å². The number of aliphatic hydroxyl groups excluding tert-OH is 1. The van der Waals surface area contributed by atoms with Crippen LogP contribution in [0.25, 0.3) is 0 Å². The molecule has 4 heteroatoms. The van der Waals surface area contributed by atoms with Crippen LogP contribution >= 0.6 is 0 Å². The summed E-state index contributed by atoms with van der Waals surface area (Å²) in [6.45, 7) is 6.66. The third-order valence-electron chi connectivity index (χ3n) is 3.13. The molecule has 1 unspecified atom stereocenters. The first-order valence-electron chi connectivity index (χ1n) is 6.61. The van der Waals surface area contributed by atoms with Crippen LogP contribution in [0, 0.1) is 0 Å². The number of benzene rings is 1. The van der Waals surface area contributed by atoms with E-state index in [1.54, 1.807) is 0 Å². The van der Waals surface area contributed by atoms with E-state index in [1.165, 1.54) is 5.56 Å². The molecular formula is C14H22N2O2. The van der Waals surface area contributed by atoms with Crippen LogP contribution in [0.15, 0.2) is 24.3 Å². The van der Waals surface area contributed by atoms with Crippen molar-refractivity contribution in [2.45, 2.75) is 19.6 Å². The summed E-state index contributed by atoms with van der Waals surface area (Å²) in [5.74, 6) is 0.973. The minimum Gasteiger partial charge on any atom is -0.492 e. The highest BCUT2D eigenvalue weighted by Crippen LogP contribution is 2.22. The molecule has 0 aliphatic carbocycles. The Balaban J connectivity index is 1.91. The molecule has 2 rings (SSSR count). The molecule has 1 aromatic carbocycles. The number of likely N-dealkylation sites (N-methyl/N-ethyl adjacent to an activating group) is 1. The van der Waals surface area contributed by atoms with Crippen LogP contribution in [0.2, 0.25) is 0 Å². The number of nitrogens with one attached hydrogen (secondary N) is 1. The highest BCUT2D eigenvalue weighted by molar-refractivity contribution is 5.33. The van der Waals surface area contributed by atoms with Crippen LogP contribution in [0.3, 0.4) is 0 Å². The maximum atomic E-state index is 9.93. The summed E-state index contributed by atoms with van der Waals surface area (Å²) in [6.07, 6.45) is -0.324. The summed E-state index contributed by atoms with van der Waals surface area (Å²) in [6, 6.07) is 8.12. The van der Waals surface area contributed by atoms with Gasteiger partial charge < -0.3 is 15.2 Å². The second-order valence-electron chi connectivity index (χ2n) is 4.65. The normalized spacial score (nSPS) is 17.7. The van der Waals surface area contributed by atoms with E-state index in [-0.39, 0.29) is 6.10 Å². The molecule has 18 heavy (non-hydrogen) atoms. The molecule has 1 atom stereocenters. The molecule has 0 aromatic heterocycles. The van der Waals surface area contributed by atoms with Gasteiger partial charge in [-0.3, -0.25) is 4.90 Å². The molecule has 0 radical (unpaired) electrons. The van der Waals surface area contributed by atoms with Gasteiger partial charge >= 0.3 is 0 Å². The van der Waals surface area contributed by atoms with Crippen molar-refractivity contribution in [2.24, 2.45) is 0 Å². The van der Waals surface area contributed by atoms with Gasteiger partial charge in [0, 0.05) is 31.7 Å². The van der Waals surface area contributed by atoms with Crippen molar-refractivity contribution < 1.29 is 9.84 Å². The molecule has 0 saturated carbocycles. The Morgan fingerprint density at radius 1 is 1.44 bits per heavy atom. The molecule has 0 amide bonds. The number of rotatable bonds is 5. The van der Waals surface area contributed by atoms with Crippen LogP contribution < -0.4 is 10.1 Å². The fourth-order valence-corrected chi connectivity index (χ4v) is 2.21. The van der Waals surface area contributed by atoms with E-state index in [9.17, 15) is 5.11 Å². The molecule has 0 bridgehead atoms. The van der Waals surface area contributed by atoms with E-state index < -0.39 is 0 Å². The Hall–Kier alpha value is -1.10. The first-order valence-corrected chi connectivity index (χ1v) is 6.61. The van der Waals surface area contributed by atoms with Crippen molar-refractivity contribution in [2.75, 3.05) is 32.8 Å². The zero-order valence-corrected chi connectivity index (χ0v) is 10.9. The molecule has 0 saturated heterocycles. The molecule has 0 fully saturated rings. The average Bonchev–Trinajstić information content (AvgIpc) is 2.57. The maximum Gasteiger partial charge on any atom is 0.123 e. The molecule has 0 spiro atoms. The first-order chi connectivity index (χ1) is 8.79. The summed E-state index contributed by atoms with van der Waals surface area (Å²) in [4.78, 5) is 2.24. The quantitative estimate of drug-likeness (QED) is 0.813. The third-order valence-corrected chi connectivity index (χ3v) is 3.13. The van der Waals surface area contributed by atoms with Crippen LogP contribution in [0.4, 0.5) is 0 Å². The number of nitrogens with zero attached hydrogens (tertiary/aromatic N) is 1. The SMILES string of the molecule is CCNCC(O)CN1CCOc2ccccc2C1. The zero-order valence-electron chi connectivity index (χ0n) is 10.9. The van der Waals surface area contributed by atoms with Gasteiger partial charge in [-0.25, -0.2) is 0 Å². The van der Waals surface area contributed by atoms with Crippen LogP contribution in [0.5, 0.6) is 5.75 Å². The predicted molar refractivity (Wildman–Crippen MR) is 71.8 cm³/mol. The van der Waals surface area contributed by atoms with Crippen molar-refractivity contribution in [3.05, 3.63) is 29.8 Å². The van der Waals surface area contributed by atoms with Crippen molar-refractivity contribution in [1.82, 2.24) is 10.2 Å². The molecular weight excluding hydrogens is 228 g/mol. The summed E-state index contributed by atoms with van der Waals surface area (Å²) in [7, 11) is 0. The monoisotopic (exact) mass is 250 g/mol. The van der Waals surface area contributed by atoms with E-state index in [4.69, 9.17) is 4.74 Å². The number of ether oxygens (including phenoxy) is 1. The number of aliphatic hydroxyl groups is 1. The third kappa shape index (κ3) is 3.70. The lowest BCUT2D eigenvalue weighted by atomic mass is 10.2. The van der Waals surface area contributed by atoms with Gasteiger partial charge in [-0.2, -0.15) is 0 Å². The largest absolute Gasteiger partial charge is 0.492 e. The Bertz CT molecular complexity index is 371. The summed E-state index contributed by atoms with van der Waals surface area (Å²) in [5.41, 5.74) is 1.20. The number of hydrogen-bond acceptors (Lipinski definition) is 4. The lowest BCUT2D eigenvalue weighted by molar-refractivity contribution is 0.104. The van der Waals surface area contributed by atoms with Gasteiger partial charge in [-0.1, -0.05) is 25.1 Å². The van der Waals surface area contributed by atoms with Gasteiger partial charge in [0.05, 0.1) is 6.10 Å². The Morgan fingerprint density at radius 2 is 2.28 bits per heavy atom. The molecule has 4 nitrogen and oxygen atoms in total. The van der Waals surface area contributed by atoms with Gasteiger partial charge in [-0.05, 0) is 12.6 Å². The molecule has 1 aromatic rings. The molecule has 1 heterocycles. The highest BCUT2D eigenvalue weighted by Gasteiger charge is 2.17. The predicted octanol–water partition coefficient (Wildman–Crippen LogP) is 0.851. The van der Waals surface area contributed by atoms with E-state index in [1.807, 2.05) is 25.1 Å². The second-order valence-corrected chi connectivity index (χ2v) is 4.65. The van der Waals surface area contributed by atoms with E-state index in [2.05, 4.69) is 16.3 Å². The average molecular weight is 250 g/mol. The minimum atomic E-state index is -0.324. The van der Waals surface area contributed by atoms with E-state index in [0.29, 0.717) is 19.7 Å². The van der Waals surface area contributed by atoms with E-state index >= 15 is 0 Å². The minimum absolute atomic E-state index is 0.324. The Kier molecular flexibility index (Phi) is 4.99. The van der Waals surface area contributed by atoms with Crippen LogP contribution in [0.1, 0.15) is 12.5 Å². The smallest absolute Gasteiger partial charge is 0.123 e. The fraction of sp³-hybridized carbons (Fsp3) is 0.571. The van der Waals surface area contributed by atoms with Gasteiger partial charge in [0.2, 0.25) is 0 Å². The van der Waals surface area contributed by atoms with Crippen LogP contribution in [-0.4, -0.2) is 48.9 Å². The number of para-hydroxylation sites is 1. The molecule has 1 aliphatic heterocycles. The topological polar surface area (TPSA) is 44.7 Å². The van der Waals surface area contributed by atoms with E-state index in [0.717, 1.165) is 25.4 Å². The van der Waals surface area contributed by atoms with Gasteiger partial charge in [-0.15, -0.1) is 0 Å². The van der Waals surface area contributed by atoms with Gasteiger partial charge in [0.15, 0.2) is 0 Å². The van der Waals surface area contributed by atoms with Crippen molar-refractivity contribution in [3.8, 4) is 5.75 Å². The highest BCUT2D eigenvalue weighted by atomic mass is 16.5. The zero-order chi connectivity index (χ0) is 12.8. The fourth-order valence-electron chi connectivity index (χ4n) is 2.21. The van der Waals surface area contributed by atoms with Crippen molar-refractivity contribution in [1.29, 1.82) is 0 Å². The summed E-state index contributed by atoms with van der Waals surface area (Å²) < 4.78 is 5.70. The lowest BCUT2D eigenvalue weighted by Crippen LogP contribution is -2.38. The van der Waals surface area contributed by atoms with Gasteiger partial charge in [0.1, 0.15) is 12.4 Å². The molecule has 1 aliphatic rings. The van der Waals surface area contributed by atoms with Crippen molar-refractivity contribution >= 4 is 0 Å². The molecule has 100 valence electrons. The number of hydrogen-bond donors (Lipinski definition) is 2. The van der Waals surface area contributed by atoms with Gasteiger partial charge in [0.25, 0.3) is 0 Å². The summed E-state index contributed by atoms with van der Waals surface area (Å²) >= 11 is 0. The second kappa shape index (κ2) is 6.73. The number of β-amino-alcohol motifs (C(OH)–C–C–N with tert-alkyl or cyclic N) is 1. The first kappa shape index (κ1) is 13.3. The van der Waals surface area contributed by atoms with Crippen molar-refractivity contribution in [3.63, 3.8) is 0 Å². The number of fused-ring (bicyclic) bond motifs is 1. The van der Waals surface area contributed by atoms with Crippen LogP contribution in [-0.2, 0) is 6.54 Å². The lowest BCUT2D eigenvalue weighted by Gasteiger charge is -2.22. The standard InChI is InChI=1S/C14H22N2O2/c1-2-15-9-13(17)11-16-7-8-18-14-6-4-3-5-12(14)10-16/h3-6,13,15,17H,2,7-11H2,1H3. The maximum absolute atomic E-state index is 9.93.